The molecule has 6 nitrogen and oxygen atoms in total. The summed E-state index contributed by atoms with van der Waals surface area (Å²) in [6, 6.07) is 5.41. The summed E-state index contributed by atoms with van der Waals surface area (Å²) in [5.41, 5.74) is 5.39. The number of nitrogens with one attached hydrogen (secondary N) is 1. The number of oxime groups is 1. The molecule has 1 aromatic carbocycles. The van der Waals surface area contributed by atoms with Gasteiger partial charge in [-0.3, -0.25) is 0 Å². The van der Waals surface area contributed by atoms with E-state index in [0.29, 0.717) is 0 Å². The predicted octanol–water partition coefficient (Wildman–Crippen LogP) is 1.43. The van der Waals surface area contributed by atoms with Crippen LogP contribution in [0.4, 0.5) is 14.9 Å². The van der Waals surface area contributed by atoms with Crippen molar-refractivity contribution in [2.45, 2.75) is 6.42 Å². The number of hydrogen-bond acceptors (Lipinski definition) is 3. The number of carbonyl (C=O) groups excluding carboxylic acids is 1. The van der Waals surface area contributed by atoms with Crippen LogP contribution in [-0.4, -0.2) is 35.6 Å². The van der Waals surface area contributed by atoms with E-state index in [1.165, 1.54) is 30.1 Å². The Morgan fingerprint density at radius 1 is 1.56 bits per heavy atom. The maximum atomic E-state index is 13.3. The van der Waals surface area contributed by atoms with Gasteiger partial charge in [-0.1, -0.05) is 17.3 Å². The Kier molecular flexibility index (Phi) is 4.91. The van der Waals surface area contributed by atoms with Crippen molar-refractivity contribution in [2.24, 2.45) is 10.9 Å². The predicted molar refractivity (Wildman–Crippen MR) is 66.1 cm³/mol. The van der Waals surface area contributed by atoms with E-state index in [9.17, 15) is 9.18 Å². The van der Waals surface area contributed by atoms with Crippen LogP contribution in [0.25, 0.3) is 0 Å². The van der Waals surface area contributed by atoms with Gasteiger partial charge in [0.05, 0.1) is 5.69 Å². The second-order valence-electron chi connectivity index (χ2n) is 3.67. The number of rotatable bonds is 4. The zero-order valence-electron chi connectivity index (χ0n) is 9.93. The van der Waals surface area contributed by atoms with Gasteiger partial charge in [0, 0.05) is 20.0 Å². The number of nitrogens with zero attached hydrogens (tertiary/aromatic N) is 2. The fourth-order valence-electron chi connectivity index (χ4n) is 1.21. The Balaban J connectivity index is 2.53. The Morgan fingerprint density at radius 2 is 2.22 bits per heavy atom. The first-order chi connectivity index (χ1) is 8.54. The summed E-state index contributed by atoms with van der Waals surface area (Å²) in [6.45, 7) is 0.260. The molecule has 0 saturated heterocycles. The van der Waals surface area contributed by atoms with Gasteiger partial charge >= 0.3 is 6.03 Å². The van der Waals surface area contributed by atoms with E-state index in [2.05, 4.69) is 10.5 Å². The van der Waals surface area contributed by atoms with Crippen molar-refractivity contribution in [1.82, 2.24) is 4.90 Å². The lowest BCUT2D eigenvalue weighted by atomic mass is 10.3. The van der Waals surface area contributed by atoms with Gasteiger partial charge in [0.2, 0.25) is 0 Å². The molecule has 1 aromatic rings. The number of amidine groups is 1. The van der Waals surface area contributed by atoms with Crippen molar-refractivity contribution >= 4 is 17.6 Å². The maximum Gasteiger partial charge on any atom is 0.321 e. The molecule has 0 radical (unpaired) electrons. The molecule has 0 aliphatic rings. The Hall–Kier alpha value is -2.31. The minimum atomic E-state index is -0.504. The first-order valence-corrected chi connectivity index (χ1v) is 5.27. The third kappa shape index (κ3) is 3.93. The van der Waals surface area contributed by atoms with Gasteiger partial charge in [-0.2, -0.15) is 0 Å². The first-order valence-electron chi connectivity index (χ1n) is 5.27. The van der Waals surface area contributed by atoms with Crippen LogP contribution in [0.2, 0.25) is 0 Å². The minimum absolute atomic E-state index is 0.0283. The number of urea groups is 1. The van der Waals surface area contributed by atoms with Crippen LogP contribution in [0.1, 0.15) is 6.42 Å². The fraction of sp³-hybridized carbons (Fsp3) is 0.273. The largest absolute Gasteiger partial charge is 0.409 e. The average molecular weight is 254 g/mol. The van der Waals surface area contributed by atoms with Crippen molar-refractivity contribution < 1.29 is 14.4 Å². The van der Waals surface area contributed by atoms with Crippen LogP contribution in [0.5, 0.6) is 0 Å². The van der Waals surface area contributed by atoms with E-state index in [1.807, 2.05) is 0 Å². The standard InChI is InChI=1S/C11H15FN4O2/c1-16(7-6-10(13)15-18)11(17)14-9-5-3-2-4-8(9)12/h2-5,18H,6-7H2,1H3,(H2,13,15)(H,14,17). The molecule has 0 aliphatic carbocycles. The lowest BCUT2D eigenvalue weighted by Crippen LogP contribution is -2.34. The van der Waals surface area contributed by atoms with E-state index in [-0.39, 0.29) is 24.5 Å². The SMILES string of the molecule is CN(CC/C(N)=N/O)C(=O)Nc1ccccc1F. The van der Waals surface area contributed by atoms with Crippen LogP contribution < -0.4 is 11.1 Å². The van der Waals surface area contributed by atoms with Crippen molar-refractivity contribution in [3.63, 3.8) is 0 Å². The third-order valence-electron chi connectivity index (χ3n) is 2.29. The highest BCUT2D eigenvalue weighted by Gasteiger charge is 2.11. The van der Waals surface area contributed by atoms with Crippen LogP contribution in [-0.2, 0) is 0 Å². The van der Waals surface area contributed by atoms with Crippen molar-refractivity contribution in [3.8, 4) is 0 Å². The van der Waals surface area contributed by atoms with Crippen molar-refractivity contribution in [3.05, 3.63) is 30.1 Å². The zero-order chi connectivity index (χ0) is 13.5. The highest BCUT2D eigenvalue weighted by atomic mass is 19.1. The second-order valence-corrected chi connectivity index (χ2v) is 3.67. The van der Waals surface area contributed by atoms with Crippen LogP contribution in [0.15, 0.2) is 29.4 Å². The number of hydrogen-bond donors (Lipinski definition) is 3. The summed E-state index contributed by atoms with van der Waals surface area (Å²) in [5.74, 6) is -0.476. The molecule has 0 fully saturated rings. The number of carbonyl (C=O) groups is 1. The van der Waals surface area contributed by atoms with Crippen LogP contribution in [0.3, 0.4) is 0 Å². The summed E-state index contributed by atoms with van der Waals surface area (Å²) in [5, 5.41) is 13.6. The van der Waals surface area contributed by atoms with Crippen molar-refractivity contribution in [2.75, 3.05) is 18.9 Å². The molecule has 1 rings (SSSR count). The lowest BCUT2D eigenvalue weighted by molar-refractivity contribution is 0.223. The van der Waals surface area contributed by atoms with Crippen molar-refractivity contribution in [1.29, 1.82) is 0 Å². The molecule has 0 spiro atoms. The topological polar surface area (TPSA) is 90.9 Å². The lowest BCUT2D eigenvalue weighted by Gasteiger charge is -2.17. The van der Waals surface area contributed by atoms with Gasteiger partial charge in [-0.25, -0.2) is 9.18 Å². The highest BCUT2D eigenvalue weighted by Crippen LogP contribution is 2.12. The third-order valence-corrected chi connectivity index (χ3v) is 2.29. The zero-order valence-corrected chi connectivity index (χ0v) is 9.93. The van der Waals surface area contributed by atoms with E-state index in [0.717, 1.165) is 0 Å². The minimum Gasteiger partial charge on any atom is -0.409 e. The molecule has 0 aliphatic heterocycles. The molecule has 4 N–H and O–H groups in total. The number of anilines is 1. The number of nitrogens with two attached hydrogens (primary N) is 1. The number of halogens is 1. The molecule has 0 bridgehead atoms. The molecular weight excluding hydrogens is 239 g/mol. The maximum absolute atomic E-state index is 13.3. The second kappa shape index (κ2) is 6.43. The van der Waals surface area contributed by atoms with Gasteiger partial charge in [-0.05, 0) is 12.1 Å². The van der Waals surface area contributed by atoms with Gasteiger partial charge in [0.1, 0.15) is 11.7 Å². The summed E-state index contributed by atoms with van der Waals surface area (Å²) in [6.07, 6.45) is 0.234. The van der Waals surface area contributed by atoms with Crippen LogP contribution in [0, 0.1) is 5.82 Å². The molecular formula is C11H15FN4O2. The van der Waals surface area contributed by atoms with E-state index in [1.54, 1.807) is 6.07 Å². The van der Waals surface area contributed by atoms with Gasteiger partial charge in [0.15, 0.2) is 0 Å². The molecule has 7 heteroatoms. The van der Waals surface area contributed by atoms with Crippen LogP contribution >= 0.6 is 0 Å². The number of para-hydroxylation sites is 1. The van der Waals surface area contributed by atoms with E-state index in [4.69, 9.17) is 10.9 Å². The smallest absolute Gasteiger partial charge is 0.321 e. The molecule has 0 heterocycles. The Morgan fingerprint density at radius 3 is 2.83 bits per heavy atom. The first kappa shape index (κ1) is 13.8. The highest BCUT2D eigenvalue weighted by molar-refractivity contribution is 5.89. The summed E-state index contributed by atoms with van der Waals surface area (Å²) in [4.78, 5) is 13.0. The fourth-order valence-corrected chi connectivity index (χ4v) is 1.21. The van der Waals surface area contributed by atoms with Gasteiger partial charge in [0.25, 0.3) is 0 Å². The molecule has 2 amide bonds. The molecule has 0 saturated carbocycles. The summed E-state index contributed by atoms with van der Waals surface area (Å²) < 4.78 is 13.3. The number of benzene rings is 1. The van der Waals surface area contributed by atoms with E-state index >= 15 is 0 Å². The number of amides is 2. The van der Waals surface area contributed by atoms with Gasteiger partial charge < -0.3 is 21.2 Å². The molecule has 98 valence electrons. The Labute approximate surface area is 104 Å². The molecule has 0 unspecified atom stereocenters. The Bertz CT molecular complexity index is 450. The molecule has 0 atom stereocenters. The summed E-state index contributed by atoms with van der Waals surface area (Å²) in [7, 11) is 1.53. The van der Waals surface area contributed by atoms with Gasteiger partial charge in [-0.15, -0.1) is 0 Å². The molecule has 18 heavy (non-hydrogen) atoms. The summed E-state index contributed by atoms with van der Waals surface area (Å²) >= 11 is 0. The average Bonchev–Trinajstić information content (AvgIpc) is 2.38. The quantitative estimate of drug-likeness (QED) is 0.328. The monoisotopic (exact) mass is 254 g/mol. The normalized spacial score (nSPS) is 11.1. The molecule has 0 aromatic heterocycles. The van der Waals surface area contributed by atoms with E-state index < -0.39 is 11.8 Å².